The molecule has 0 saturated heterocycles. The molecule has 2 aromatic rings. The number of benzene rings is 2. The molecule has 0 aliphatic heterocycles. The topological polar surface area (TPSA) is 95.5 Å². The molecule has 0 aliphatic rings. The summed E-state index contributed by atoms with van der Waals surface area (Å²) in [6.07, 6.45) is 0. The molecular formula is C17H16N2O4. The van der Waals surface area contributed by atoms with Gasteiger partial charge in [-0.05, 0) is 42.8 Å². The molecule has 0 fully saturated rings. The molecule has 23 heavy (non-hydrogen) atoms. The number of nitrogens with one attached hydrogen (secondary N) is 2. The van der Waals surface area contributed by atoms with Crippen LogP contribution in [0.3, 0.4) is 0 Å². The normalized spacial score (nSPS) is 10.0. The molecule has 2 rings (SSSR count). The first-order chi connectivity index (χ1) is 10.9. The van der Waals surface area contributed by atoms with Crippen LogP contribution in [-0.2, 0) is 4.79 Å². The van der Waals surface area contributed by atoms with E-state index in [0.717, 1.165) is 5.56 Å². The van der Waals surface area contributed by atoms with Gasteiger partial charge < -0.3 is 15.7 Å². The number of hydrogen-bond acceptors (Lipinski definition) is 3. The molecular weight excluding hydrogens is 296 g/mol. The van der Waals surface area contributed by atoms with E-state index in [9.17, 15) is 14.4 Å². The van der Waals surface area contributed by atoms with Crippen molar-refractivity contribution >= 4 is 29.2 Å². The van der Waals surface area contributed by atoms with E-state index in [1.165, 1.54) is 19.1 Å². The quantitative estimate of drug-likeness (QED) is 0.809. The number of hydrogen-bond donors (Lipinski definition) is 3. The third kappa shape index (κ3) is 4.16. The van der Waals surface area contributed by atoms with Crippen molar-refractivity contribution < 1.29 is 19.5 Å². The van der Waals surface area contributed by atoms with Crippen LogP contribution in [0, 0.1) is 6.92 Å². The molecule has 0 unspecified atom stereocenters. The van der Waals surface area contributed by atoms with Gasteiger partial charge in [0.05, 0.1) is 5.56 Å². The van der Waals surface area contributed by atoms with Gasteiger partial charge >= 0.3 is 5.97 Å². The van der Waals surface area contributed by atoms with Gasteiger partial charge in [-0.25, -0.2) is 4.79 Å². The second kappa shape index (κ2) is 6.74. The maximum absolute atomic E-state index is 12.3. The number of aryl methyl sites for hydroxylation is 1. The Morgan fingerprint density at radius 3 is 2.35 bits per heavy atom. The van der Waals surface area contributed by atoms with Crippen molar-refractivity contribution in [1.82, 2.24) is 0 Å². The average Bonchev–Trinajstić information content (AvgIpc) is 2.48. The number of carbonyl (C=O) groups excluding carboxylic acids is 2. The minimum absolute atomic E-state index is 0.0953. The molecule has 6 nitrogen and oxygen atoms in total. The van der Waals surface area contributed by atoms with Crippen molar-refractivity contribution in [3.8, 4) is 0 Å². The van der Waals surface area contributed by atoms with Gasteiger partial charge in [0.1, 0.15) is 0 Å². The van der Waals surface area contributed by atoms with Gasteiger partial charge in [0.25, 0.3) is 5.91 Å². The number of carboxylic acids is 1. The molecule has 118 valence electrons. The summed E-state index contributed by atoms with van der Waals surface area (Å²) in [7, 11) is 0. The van der Waals surface area contributed by atoms with Crippen molar-refractivity contribution in [1.29, 1.82) is 0 Å². The highest BCUT2D eigenvalue weighted by molar-refractivity contribution is 6.06. The van der Waals surface area contributed by atoms with E-state index >= 15 is 0 Å². The van der Waals surface area contributed by atoms with E-state index in [-0.39, 0.29) is 17.4 Å². The van der Waals surface area contributed by atoms with Crippen LogP contribution in [0.5, 0.6) is 0 Å². The first-order valence-electron chi connectivity index (χ1n) is 6.90. The van der Waals surface area contributed by atoms with Crippen LogP contribution >= 0.6 is 0 Å². The third-order valence-electron chi connectivity index (χ3n) is 3.18. The predicted molar refractivity (Wildman–Crippen MR) is 86.8 cm³/mol. The highest BCUT2D eigenvalue weighted by Crippen LogP contribution is 2.19. The first-order valence-corrected chi connectivity index (χ1v) is 6.90. The van der Waals surface area contributed by atoms with E-state index in [0.29, 0.717) is 16.9 Å². The summed E-state index contributed by atoms with van der Waals surface area (Å²) in [5, 5.41) is 14.3. The minimum atomic E-state index is -1.06. The summed E-state index contributed by atoms with van der Waals surface area (Å²) in [5.41, 5.74) is 2.15. The van der Waals surface area contributed by atoms with E-state index in [2.05, 4.69) is 10.6 Å². The highest BCUT2D eigenvalue weighted by atomic mass is 16.4. The second-order valence-corrected chi connectivity index (χ2v) is 5.05. The fourth-order valence-electron chi connectivity index (χ4n) is 2.03. The molecule has 0 spiro atoms. The predicted octanol–water partition coefficient (Wildman–Crippen LogP) is 2.90. The zero-order chi connectivity index (χ0) is 17.0. The summed E-state index contributed by atoms with van der Waals surface area (Å²) in [6, 6.07) is 11.0. The molecule has 0 aliphatic carbocycles. The Bertz CT molecular complexity index is 784. The Balaban J connectivity index is 2.24. The van der Waals surface area contributed by atoms with Crippen molar-refractivity contribution in [2.75, 3.05) is 10.6 Å². The molecule has 0 aromatic heterocycles. The van der Waals surface area contributed by atoms with Crippen LogP contribution in [0.4, 0.5) is 11.4 Å². The van der Waals surface area contributed by atoms with Gasteiger partial charge in [-0.3, -0.25) is 9.59 Å². The fraction of sp³-hybridized carbons (Fsp3) is 0.118. The Hall–Kier alpha value is -3.15. The van der Waals surface area contributed by atoms with Crippen molar-refractivity contribution in [3.05, 3.63) is 59.2 Å². The zero-order valence-electron chi connectivity index (χ0n) is 12.7. The van der Waals surface area contributed by atoms with E-state index in [1.54, 1.807) is 37.3 Å². The average molecular weight is 312 g/mol. The summed E-state index contributed by atoms with van der Waals surface area (Å²) < 4.78 is 0. The van der Waals surface area contributed by atoms with Crippen LogP contribution in [0.2, 0.25) is 0 Å². The van der Waals surface area contributed by atoms with E-state index < -0.39 is 5.97 Å². The monoisotopic (exact) mass is 312 g/mol. The summed E-state index contributed by atoms with van der Waals surface area (Å²) in [5.74, 6) is -1.68. The molecule has 0 saturated carbocycles. The number of amides is 2. The largest absolute Gasteiger partial charge is 0.478 e. The standard InChI is InChI=1S/C17H16N2O4/c1-10-6-7-13(17(22)23)9-15(10)19-16(21)12-4-3-5-14(8-12)18-11(2)20/h3-9H,1-2H3,(H,18,20)(H,19,21)(H,22,23). The lowest BCUT2D eigenvalue weighted by Crippen LogP contribution is -2.14. The van der Waals surface area contributed by atoms with Crippen molar-refractivity contribution in [2.45, 2.75) is 13.8 Å². The number of aromatic carboxylic acids is 1. The summed E-state index contributed by atoms with van der Waals surface area (Å²) >= 11 is 0. The number of carbonyl (C=O) groups is 3. The lowest BCUT2D eigenvalue weighted by Gasteiger charge is -2.10. The van der Waals surface area contributed by atoms with Gasteiger partial charge in [-0.2, -0.15) is 0 Å². The van der Waals surface area contributed by atoms with Crippen LogP contribution < -0.4 is 10.6 Å². The van der Waals surface area contributed by atoms with Crippen LogP contribution in [0.25, 0.3) is 0 Å². The second-order valence-electron chi connectivity index (χ2n) is 5.05. The lowest BCUT2D eigenvalue weighted by molar-refractivity contribution is -0.114. The van der Waals surface area contributed by atoms with Gasteiger partial charge in [0.15, 0.2) is 0 Å². The molecule has 0 heterocycles. The zero-order valence-corrected chi connectivity index (χ0v) is 12.7. The number of carboxylic acid groups (broad SMARTS) is 1. The Morgan fingerprint density at radius 2 is 1.70 bits per heavy atom. The SMILES string of the molecule is CC(=O)Nc1cccc(C(=O)Nc2cc(C(=O)O)ccc2C)c1. The first kappa shape index (κ1) is 16.2. The third-order valence-corrected chi connectivity index (χ3v) is 3.18. The van der Waals surface area contributed by atoms with Gasteiger partial charge in [-0.1, -0.05) is 12.1 Å². The molecule has 3 N–H and O–H groups in total. The van der Waals surface area contributed by atoms with Crippen molar-refractivity contribution in [2.24, 2.45) is 0 Å². The summed E-state index contributed by atoms with van der Waals surface area (Å²) in [4.78, 5) is 34.4. The Morgan fingerprint density at radius 1 is 0.957 bits per heavy atom. The molecule has 6 heteroatoms. The van der Waals surface area contributed by atoms with Crippen LogP contribution in [0.15, 0.2) is 42.5 Å². The molecule has 0 radical (unpaired) electrons. The number of rotatable bonds is 4. The smallest absolute Gasteiger partial charge is 0.335 e. The van der Waals surface area contributed by atoms with E-state index in [4.69, 9.17) is 5.11 Å². The van der Waals surface area contributed by atoms with Crippen LogP contribution in [0.1, 0.15) is 33.2 Å². The van der Waals surface area contributed by atoms with E-state index in [1.807, 2.05) is 0 Å². The Kier molecular flexibility index (Phi) is 4.75. The van der Waals surface area contributed by atoms with Gasteiger partial charge in [0.2, 0.25) is 5.91 Å². The van der Waals surface area contributed by atoms with Gasteiger partial charge in [-0.15, -0.1) is 0 Å². The Labute approximate surface area is 133 Å². The van der Waals surface area contributed by atoms with Gasteiger partial charge in [0, 0.05) is 23.9 Å². The molecule has 0 atom stereocenters. The summed E-state index contributed by atoms with van der Waals surface area (Å²) in [6.45, 7) is 3.16. The maximum atomic E-state index is 12.3. The molecule has 2 amide bonds. The maximum Gasteiger partial charge on any atom is 0.335 e. The lowest BCUT2D eigenvalue weighted by atomic mass is 10.1. The molecule has 0 bridgehead atoms. The minimum Gasteiger partial charge on any atom is -0.478 e. The highest BCUT2D eigenvalue weighted by Gasteiger charge is 2.11. The van der Waals surface area contributed by atoms with Crippen molar-refractivity contribution in [3.63, 3.8) is 0 Å². The number of anilines is 2. The fourth-order valence-corrected chi connectivity index (χ4v) is 2.03. The van der Waals surface area contributed by atoms with Crippen LogP contribution in [-0.4, -0.2) is 22.9 Å². The molecule has 2 aromatic carbocycles.